The summed E-state index contributed by atoms with van der Waals surface area (Å²) in [7, 11) is -4.64. The molecule has 0 aliphatic heterocycles. The monoisotopic (exact) mass is 282 g/mol. The molecule has 0 heterocycles. The van der Waals surface area contributed by atoms with Crippen LogP contribution in [0.25, 0.3) is 0 Å². The van der Waals surface area contributed by atoms with Crippen molar-refractivity contribution >= 4 is 7.82 Å². The van der Waals surface area contributed by atoms with Crippen LogP contribution in [0.15, 0.2) is 60.7 Å². The van der Waals surface area contributed by atoms with Gasteiger partial charge in [-0.05, 0) is 25.0 Å². The van der Waals surface area contributed by atoms with E-state index in [4.69, 9.17) is 19.2 Å². The van der Waals surface area contributed by atoms with Gasteiger partial charge in [-0.2, -0.15) is 0 Å². The Morgan fingerprint density at radius 1 is 0.684 bits per heavy atom. The Hall–Kier alpha value is -1.45. The van der Waals surface area contributed by atoms with Gasteiger partial charge in [0.05, 0.1) is 0 Å². The molecule has 4 nitrogen and oxygen atoms in total. The average Bonchev–Trinajstić information content (AvgIpc) is 2.34. The molecule has 3 N–H and O–H groups in total. The van der Waals surface area contributed by atoms with E-state index in [2.05, 4.69) is 38.1 Å². The summed E-state index contributed by atoms with van der Waals surface area (Å²) in [6, 6.07) is 20.4. The predicted octanol–water partition coefficient (Wildman–Crippen LogP) is 3.06. The molecule has 19 heavy (non-hydrogen) atoms. The van der Waals surface area contributed by atoms with Crippen molar-refractivity contribution in [3.05, 3.63) is 71.8 Å². The van der Waals surface area contributed by atoms with Crippen LogP contribution in [-0.4, -0.2) is 14.7 Å². The van der Waals surface area contributed by atoms with Crippen molar-refractivity contribution in [1.82, 2.24) is 0 Å². The molecule has 0 saturated carbocycles. The Kier molecular flexibility index (Phi) is 8.75. The number of aryl methyl sites for hydroxylation is 2. The fourth-order valence-electron chi connectivity index (χ4n) is 1.05. The largest absolute Gasteiger partial charge is 0.466 e. The van der Waals surface area contributed by atoms with Crippen LogP contribution in [0.3, 0.4) is 0 Å². The molecule has 0 unspecified atom stereocenters. The molecule has 0 fully saturated rings. The molecular formula is C14H19O4P. The quantitative estimate of drug-likeness (QED) is 0.649. The molecule has 0 bridgehead atoms. The van der Waals surface area contributed by atoms with Crippen LogP contribution in [0.1, 0.15) is 11.1 Å². The number of phosphoric acid groups is 1. The fraction of sp³-hybridized carbons (Fsp3) is 0.143. The summed E-state index contributed by atoms with van der Waals surface area (Å²) in [6.45, 7) is 4.24. The summed E-state index contributed by atoms with van der Waals surface area (Å²) in [5.74, 6) is 0. The van der Waals surface area contributed by atoms with E-state index in [-0.39, 0.29) is 0 Å². The van der Waals surface area contributed by atoms with Gasteiger partial charge < -0.3 is 14.7 Å². The van der Waals surface area contributed by atoms with Gasteiger partial charge in [-0.15, -0.1) is 0 Å². The van der Waals surface area contributed by atoms with Crippen molar-refractivity contribution in [2.24, 2.45) is 0 Å². The Balaban J connectivity index is 0.000000265. The highest BCUT2D eigenvalue weighted by atomic mass is 31.2. The molecule has 0 saturated heterocycles. The lowest BCUT2D eigenvalue weighted by Crippen LogP contribution is -1.74. The second kappa shape index (κ2) is 9.48. The summed E-state index contributed by atoms with van der Waals surface area (Å²) in [5.41, 5.74) is 2.74. The van der Waals surface area contributed by atoms with Crippen molar-refractivity contribution in [1.29, 1.82) is 0 Å². The zero-order chi connectivity index (χ0) is 14.7. The van der Waals surface area contributed by atoms with E-state index in [9.17, 15) is 0 Å². The number of rotatable bonds is 0. The van der Waals surface area contributed by atoms with Gasteiger partial charge in [0.1, 0.15) is 0 Å². The summed E-state index contributed by atoms with van der Waals surface area (Å²) in [5, 5.41) is 0. The van der Waals surface area contributed by atoms with Gasteiger partial charge in [-0.3, -0.25) is 0 Å². The summed E-state index contributed by atoms with van der Waals surface area (Å²) in [4.78, 5) is 21.6. The van der Waals surface area contributed by atoms with E-state index in [1.165, 1.54) is 11.1 Å². The third-order valence-electron chi connectivity index (χ3n) is 2.09. The molecule has 0 aliphatic carbocycles. The zero-order valence-corrected chi connectivity index (χ0v) is 11.9. The summed E-state index contributed by atoms with van der Waals surface area (Å²) < 4.78 is 8.88. The Morgan fingerprint density at radius 3 is 1.05 bits per heavy atom. The van der Waals surface area contributed by atoms with E-state index < -0.39 is 7.82 Å². The minimum absolute atomic E-state index is 1.37. The lowest BCUT2D eigenvalue weighted by Gasteiger charge is -1.93. The first-order valence-electron chi connectivity index (χ1n) is 5.61. The first-order valence-corrected chi connectivity index (χ1v) is 7.18. The van der Waals surface area contributed by atoms with Gasteiger partial charge >= 0.3 is 7.82 Å². The van der Waals surface area contributed by atoms with Crippen molar-refractivity contribution in [3.63, 3.8) is 0 Å². The predicted molar refractivity (Wildman–Crippen MR) is 76.6 cm³/mol. The maximum absolute atomic E-state index is 8.88. The molecule has 0 radical (unpaired) electrons. The van der Waals surface area contributed by atoms with E-state index in [1.807, 2.05) is 36.4 Å². The second-order valence-corrected chi connectivity index (χ2v) is 4.78. The maximum atomic E-state index is 8.88. The zero-order valence-electron chi connectivity index (χ0n) is 11.0. The highest BCUT2D eigenvalue weighted by molar-refractivity contribution is 7.45. The Morgan fingerprint density at radius 2 is 0.895 bits per heavy atom. The molecular weight excluding hydrogens is 263 g/mol. The van der Waals surface area contributed by atoms with Crippen LogP contribution < -0.4 is 0 Å². The van der Waals surface area contributed by atoms with Crippen molar-refractivity contribution < 1.29 is 19.2 Å². The molecule has 0 aliphatic rings. The summed E-state index contributed by atoms with van der Waals surface area (Å²) >= 11 is 0. The molecule has 104 valence electrons. The number of hydrogen-bond acceptors (Lipinski definition) is 1. The normalized spacial score (nSPS) is 9.53. The highest BCUT2D eigenvalue weighted by Crippen LogP contribution is 2.25. The van der Waals surface area contributed by atoms with E-state index >= 15 is 0 Å². The van der Waals surface area contributed by atoms with Gasteiger partial charge in [-0.25, -0.2) is 4.57 Å². The van der Waals surface area contributed by atoms with E-state index in [1.54, 1.807) is 0 Å². The van der Waals surface area contributed by atoms with Gasteiger partial charge in [0.25, 0.3) is 0 Å². The van der Waals surface area contributed by atoms with Gasteiger partial charge in [-0.1, -0.05) is 60.7 Å². The highest BCUT2D eigenvalue weighted by Gasteiger charge is 2.00. The molecule has 5 heteroatoms. The smallest absolute Gasteiger partial charge is 0.303 e. The van der Waals surface area contributed by atoms with Crippen LogP contribution in [0.5, 0.6) is 0 Å². The van der Waals surface area contributed by atoms with Gasteiger partial charge in [0.2, 0.25) is 0 Å². The van der Waals surface area contributed by atoms with Crippen molar-refractivity contribution in [2.75, 3.05) is 0 Å². The third kappa shape index (κ3) is 14.5. The lowest BCUT2D eigenvalue weighted by molar-refractivity contribution is 0.275. The SMILES string of the molecule is Cc1ccccc1C.O=P(O)(O)O.c1ccccc1. The molecule has 0 atom stereocenters. The molecule has 2 aromatic carbocycles. The van der Waals surface area contributed by atoms with Gasteiger partial charge in [0, 0.05) is 0 Å². The van der Waals surface area contributed by atoms with E-state index in [0.29, 0.717) is 0 Å². The average molecular weight is 282 g/mol. The van der Waals surface area contributed by atoms with Crippen molar-refractivity contribution in [3.8, 4) is 0 Å². The maximum Gasteiger partial charge on any atom is 0.466 e. The Labute approximate surface area is 113 Å². The van der Waals surface area contributed by atoms with Crippen LogP contribution in [0.2, 0.25) is 0 Å². The third-order valence-corrected chi connectivity index (χ3v) is 2.09. The first-order chi connectivity index (χ1) is 8.80. The minimum atomic E-state index is -4.64. The molecule has 0 spiro atoms. The van der Waals surface area contributed by atoms with Crippen molar-refractivity contribution in [2.45, 2.75) is 13.8 Å². The summed E-state index contributed by atoms with van der Waals surface area (Å²) in [6.07, 6.45) is 0. The lowest BCUT2D eigenvalue weighted by atomic mass is 10.1. The molecule has 2 rings (SSSR count). The van der Waals surface area contributed by atoms with Crippen LogP contribution in [0.4, 0.5) is 0 Å². The van der Waals surface area contributed by atoms with Crippen LogP contribution in [-0.2, 0) is 4.57 Å². The molecule has 0 amide bonds. The standard InChI is InChI=1S/C8H10.C6H6.H3O4P/c1-7-5-3-4-6-8(7)2;1-2-4-6-5-3-1;1-5(2,3)4/h3-6H,1-2H3;1-6H;(H3,1,2,3,4). The van der Waals surface area contributed by atoms with Crippen LogP contribution in [0, 0.1) is 13.8 Å². The first kappa shape index (κ1) is 17.6. The van der Waals surface area contributed by atoms with E-state index in [0.717, 1.165) is 0 Å². The number of hydrogen-bond donors (Lipinski definition) is 3. The fourth-order valence-corrected chi connectivity index (χ4v) is 1.05. The number of benzene rings is 2. The van der Waals surface area contributed by atoms with Gasteiger partial charge in [0.15, 0.2) is 0 Å². The second-order valence-electron chi connectivity index (χ2n) is 3.75. The topological polar surface area (TPSA) is 77.8 Å². The molecule has 2 aromatic rings. The minimum Gasteiger partial charge on any atom is -0.303 e. The van der Waals surface area contributed by atoms with Crippen LogP contribution >= 0.6 is 7.82 Å². The Bertz CT molecular complexity index is 438. The molecule has 0 aromatic heterocycles.